The summed E-state index contributed by atoms with van der Waals surface area (Å²) in [6.45, 7) is 3.72. The lowest BCUT2D eigenvalue weighted by molar-refractivity contribution is -0.138. The third-order valence-electron chi connectivity index (χ3n) is 4.03. The van der Waals surface area contributed by atoms with Crippen LogP contribution in [0.4, 0.5) is 0 Å². The van der Waals surface area contributed by atoms with Gasteiger partial charge in [0, 0.05) is 19.5 Å². The first-order valence-electron chi connectivity index (χ1n) is 7.67. The van der Waals surface area contributed by atoms with Crippen molar-refractivity contribution in [2.45, 2.75) is 26.0 Å². The number of carbonyl (C=O) groups is 1. The van der Waals surface area contributed by atoms with E-state index in [0.29, 0.717) is 30.5 Å². The molecule has 2 aromatic rings. The minimum absolute atomic E-state index is 0.0240. The number of ether oxygens (including phenoxy) is 1. The summed E-state index contributed by atoms with van der Waals surface area (Å²) in [5.41, 5.74) is -0.615. The molecular weight excluding hydrogens is 298 g/mol. The lowest BCUT2D eigenvalue weighted by atomic mass is 10.2. The maximum Gasteiger partial charge on any atom is 0.273 e. The van der Waals surface area contributed by atoms with Gasteiger partial charge in [-0.15, -0.1) is 0 Å². The quantitative estimate of drug-likeness (QED) is 0.884. The first-order chi connectivity index (χ1) is 11.1. The van der Waals surface area contributed by atoms with Crippen molar-refractivity contribution in [1.29, 1.82) is 0 Å². The van der Waals surface area contributed by atoms with Gasteiger partial charge in [0.05, 0.1) is 30.0 Å². The molecule has 1 aromatic heterocycles. The summed E-state index contributed by atoms with van der Waals surface area (Å²) in [6, 6.07) is 6.66. The molecule has 1 atom stereocenters. The molecule has 1 fully saturated rings. The van der Waals surface area contributed by atoms with E-state index in [9.17, 15) is 14.4 Å². The van der Waals surface area contributed by atoms with Gasteiger partial charge in [0.2, 0.25) is 5.91 Å². The van der Waals surface area contributed by atoms with Gasteiger partial charge < -0.3 is 9.64 Å². The second-order valence-electron chi connectivity index (χ2n) is 5.71. The number of hydrogen-bond donors (Lipinski definition) is 1. The molecule has 1 amide bonds. The zero-order chi connectivity index (χ0) is 16.4. The van der Waals surface area contributed by atoms with E-state index in [1.807, 2.05) is 6.92 Å². The number of morpholine rings is 1. The SMILES string of the molecule is C[C@H]1CN(C(=O)CCn2[nH]c(=O)c3ccccc3c2=O)CCO1. The largest absolute Gasteiger partial charge is 0.375 e. The van der Waals surface area contributed by atoms with Crippen LogP contribution >= 0.6 is 0 Å². The number of amides is 1. The highest BCUT2D eigenvalue weighted by atomic mass is 16.5. The van der Waals surface area contributed by atoms with Gasteiger partial charge in [0.1, 0.15) is 0 Å². The van der Waals surface area contributed by atoms with Crippen molar-refractivity contribution >= 4 is 16.7 Å². The van der Waals surface area contributed by atoms with E-state index in [2.05, 4.69) is 5.10 Å². The number of H-pyrrole nitrogens is 1. The smallest absolute Gasteiger partial charge is 0.273 e. The third-order valence-corrected chi connectivity index (χ3v) is 4.03. The number of nitrogens with one attached hydrogen (secondary N) is 1. The molecule has 1 saturated heterocycles. The van der Waals surface area contributed by atoms with E-state index in [1.165, 1.54) is 4.68 Å². The van der Waals surface area contributed by atoms with Crippen molar-refractivity contribution in [3.63, 3.8) is 0 Å². The Morgan fingerprint density at radius 3 is 2.78 bits per heavy atom. The number of aromatic nitrogens is 2. The Hall–Kier alpha value is -2.41. The normalized spacial score (nSPS) is 18.3. The molecule has 7 nitrogen and oxygen atoms in total. The summed E-state index contributed by atoms with van der Waals surface area (Å²) in [5, 5.41) is 3.27. The van der Waals surface area contributed by atoms with Gasteiger partial charge in [0.15, 0.2) is 0 Å². The Kier molecular flexibility index (Phi) is 4.29. The number of carbonyl (C=O) groups excluding carboxylic acids is 1. The van der Waals surface area contributed by atoms with Crippen LogP contribution in [0.15, 0.2) is 33.9 Å². The molecule has 1 aromatic carbocycles. The van der Waals surface area contributed by atoms with E-state index < -0.39 is 0 Å². The number of rotatable bonds is 3. The van der Waals surface area contributed by atoms with Crippen molar-refractivity contribution in [3.05, 3.63) is 45.0 Å². The van der Waals surface area contributed by atoms with Crippen molar-refractivity contribution in [1.82, 2.24) is 14.7 Å². The van der Waals surface area contributed by atoms with Crippen LogP contribution in [0.2, 0.25) is 0 Å². The fourth-order valence-corrected chi connectivity index (χ4v) is 2.81. The third kappa shape index (κ3) is 3.19. The van der Waals surface area contributed by atoms with Gasteiger partial charge >= 0.3 is 0 Å². The first-order valence-corrected chi connectivity index (χ1v) is 7.67. The van der Waals surface area contributed by atoms with Crippen LogP contribution in [-0.4, -0.2) is 46.4 Å². The Labute approximate surface area is 132 Å². The van der Waals surface area contributed by atoms with Crippen LogP contribution in [0.3, 0.4) is 0 Å². The molecule has 0 spiro atoms. The van der Waals surface area contributed by atoms with Crippen LogP contribution in [-0.2, 0) is 16.1 Å². The summed E-state index contributed by atoms with van der Waals surface area (Å²) in [7, 11) is 0. The van der Waals surface area contributed by atoms with E-state index in [4.69, 9.17) is 4.74 Å². The van der Waals surface area contributed by atoms with Crippen LogP contribution < -0.4 is 11.1 Å². The maximum atomic E-state index is 12.4. The van der Waals surface area contributed by atoms with Crippen LogP contribution in [0.25, 0.3) is 10.8 Å². The lowest BCUT2D eigenvalue weighted by Crippen LogP contribution is -2.45. The standard InChI is InChI=1S/C16H19N3O4/c1-11-10-18(8-9-23-11)14(20)6-7-19-16(22)13-5-3-2-4-12(13)15(21)17-19/h2-5,11H,6-10H2,1H3,(H,17,21)/t11-/m0/s1. The second kappa shape index (κ2) is 6.37. The second-order valence-corrected chi connectivity index (χ2v) is 5.71. The van der Waals surface area contributed by atoms with Gasteiger partial charge in [0.25, 0.3) is 11.1 Å². The predicted molar refractivity (Wildman–Crippen MR) is 85.4 cm³/mol. The van der Waals surface area contributed by atoms with Crippen molar-refractivity contribution in [3.8, 4) is 0 Å². The van der Waals surface area contributed by atoms with Crippen molar-refractivity contribution in [2.24, 2.45) is 0 Å². The zero-order valence-electron chi connectivity index (χ0n) is 12.9. The Morgan fingerprint density at radius 1 is 1.30 bits per heavy atom. The topological polar surface area (TPSA) is 84.4 Å². The number of fused-ring (bicyclic) bond motifs is 1. The molecule has 0 bridgehead atoms. The van der Waals surface area contributed by atoms with Crippen molar-refractivity contribution in [2.75, 3.05) is 19.7 Å². The van der Waals surface area contributed by atoms with Gasteiger partial charge in [-0.1, -0.05) is 12.1 Å². The van der Waals surface area contributed by atoms with Crippen LogP contribution in [0.5, 0.6) is 0 Å². The number of hydrogen-bond acceptors (Lipinski definition) is 4. The Morgan fingerprint density at radius 2 is 2.04 bits per heavy atom. The molecule has 0 radical (unpaired) electrons. The van der Waals surface area contributed by atoms with Gasteiger partial charge in [-0.25, -0.2) is 4.68 Å². The monoisotopic (exact) mass is 317 g/mol. The summed E-state index contributed by atoms with van der Waals surface area (Å²) >= 11 is 0. The Balaban J connectivity index is 1.77. The van der Waals surface area contributed by atoms with E-state index >= 15 is 0 Å². The minimum Gasteiger partial charge on any atom is -0.375 e. The fraction of sp³-hybridized carbons (Fsp3) is 0.438. The molecule has 2 heterocycles. The van der Waals surface area contributed by atoms with E-state index in [1.54, 1.807) is 29.2 Å². The first kappa shape index (κ1) is 15.5. The highest BCUT2D eigenvalue weighted by Crippen LogP contribution is 2.07. The molecule has 0 unspecified atom stereocenters. The van der Waals surface area contributed by atoms with E-state index in [0.717, 1.165) is 0 Å². The molecule has 0 saturated carbocycles. The molecule has 3 rings (SSSR count). The van der Waals surface area contributed by atoms with Gasteiger partial charge in [-0.3, -0.25) is 19.5 Å². The molecule has 23 heavy (non-hydrogen) atoms. The molecular formula is C16H19N3O4. The number of nitrogens with zero attached hydrogens (tertiary/aromatic N) is 2. The van der Waals surface area contributed by atoms with Gasteiger partial charge in [-0.05, 0) is 19.1 Å². The van der Waals surface area contributed by atoms with Crippen LogP contribution in [0, 0.1) is 0 Å². The highest BCUT2D eigenvalue weighted by molar-refractivity contribution is 5.80. The average Bonchev–Trinajstić information content (AvgIpc) is 2.56. The number of aromatic amines is 1. The fourth-order valence-electron chi connectivity index (χ4n) is 2.81. The lowest BCUT2D eigenvalue weighted by Gasteiger charge is -2.31. The number of aryl methyl sites for hydroxylation is 1. The highest BCUT2D eigenvalue weighted by Gasteiger charge is 2.21. The molecule has 1 aliphatic heterocycles. The molecule has 122 valence electrons. The minimum atomic E-state index is -0.326. The summed E-state index contributed by atoms with van der Waals surface area (Å²) < 4.78 is 6.62. The predicted octanol–water partition coefficient (Wildman–Crippen LogP) is 0.327. The molecule has 0 aliphatic carbocycles. The number of benzene rings is 1. The molecule has 1 N–H and O–H groups in total. The maximum absolute atomic E-state index is 12.4. The molecule has 7 heteroatoms. The van der Waals surface area contributed by atoms with Crippen molar-refractivity contribution < 1.29 is 9.53 Å². The Bertz CT molecular complexity index is 839. The molecule has 1 aliphatic rings. The van der Waals surface area contributed by atoms with Crippen LogP contribution in [0.1, 0.15) is 13.3 Å². The zero-order valence-corrected chi connectivity index (χ0v) is 12.9. The van der Waals surface area contributed by atoms with E-state index in [-0.39, 0.29) is 36.1 Å². The van der Waals surface area contributed by atoms with Gasteiger partial charge in [-0.2, -0.15) is 0 Å². The average molecular weight is 317 g/mol. The summed E-state index contributed by atoms with van der Waals surface area (Å²) in [4.78, 5) is 38.4. The summed E-state index contributed by atoms with van der Waals surface area (Å²) in [6.07, 6.45) is 0.192. The summed E-state index contributed by atoms with van der Waals surface area (Å²) in [5.74, 6) is -0.0407.